The number of anilines is 1. The number of benzene rings is 1. The molecule has 1 amide bonds. The summed E-state index contributed by atoms with van der Waals surface area (Å²) in [5, 5.41) is 12.4. The predicted molar refractivity (Wildman–Crippen MR) is 98.7 cm³/mol. The number of rotatable bonds is 5. The summed E-state index contributed by atoms with van der Waals surface area (Å²) in [7, 11) is 0. The van der Waals surface area contributed by atoms with Crippen LogP contribution in [0.3, 0.4) is 0 Å². The lowest BCUT2D eigenvalue weighted by atomic mass is 9.96. The van der Waals surface area contributed by atoms with Gasteiger partial charge in [0.15, 0.2) is 5.82 Å². The monoisotopic (exact) mass is 372 g/mol. The Bertz CT molecular complexity index is 773. The number of carbonyl (C=O) groups is 1. The summed E-state index contributed by atoms with van der Waals surface area (Å²) < 4.78 is 13.3. The van der Waals surface area contributed by atoms with Crippen LogP contribution < -0.4 is 10.2 Å². The normalized spacial score (nSPS) is 18.0. The van der Waals surface area contributed by atoms with Crippen LogP contribution in [0, 0.1) is 11.7 Å². The molecule has 1 aliphatic heterocycles. The minimum absolute atomic E-state index is 0.114. The molecule has 1 aromatic heterocycles. The van der Waals surface area contributed by atoms with E-state index in [1.54, 1.807) is 6.07 Å². The number of amides is 1. The maximum Gasteiger partial charge on any atom is 0.223 e. The maximum absolute atomic E-state index is 13.3. The van der Waals surface area contributed by atoms with E-state index in [9.17, 15) is 9.18 Å². The summed E-state index contributed by atoms with van der Waals surface area (Å²) in [6.07, 6.45) is 3.94. The summed E-state index contributed by atoms with van der Waals surface area (Å²) in [5.41, 5.74) is 0. The number of hydrogen-bond acceptors (Lipinski definition) is 5. The summed E-state index contributed by atoms with van der Waals surface area (Å²) in [4.78, 5) is 15.1. The Balaban J connectivity index is 1.32. The lowest BCUT2D eigenvalue weighted by molar-refractivity contribution is -0.125. The van der Waals surface area contributed by atoms with Crippen molar-refractivity contribution < 1.29 is 9.18 Å². The van der Waals surface area contributed by atoms with Crippen molar-refractivity contribution in [2.75, 3.05) is 18.0 Å². The largest absolute Gasteiger partial charge is 0.355 e. The first-order chi connectivity index (χ1) is 12.7. The molecule has 1 N–H and O–H groups in total. The molecule has 1 saturated carbocycles. The molecule has 0 bridgehead atoms. The lowest BCUT2D eigenvalue weighted by Gasteiger charge is -2.31. The average molecular weight is 372 g/mol. The van der Waals surface area contributed by atoms with Crippen LogP contribution in [0.25, 0.3) is 0 Å². The van der Waals surface area contributed by atoms with E-state index in [1.165, 1.54) is 23.9 Å². The van der Waals surface area contributed by atoms with Gasteiger partial charge >= 0.3 is 0 Å². The van der Waals surface area contributed by atoms with Crippen LogP contribution in [0.1, 0.15) is 25.7 Å². The highest BCUT2D eigenvalue weighted by atomic mass is 32.2. The van der Waals surface area contributed by atoms with Crippen molar-refractivity contribution in [3.63, 3.8) is 0 Å². The minimum atomic E-state index is -0.256. The van der Waals surface area contributed by atoms with Gasteiger partial charge in [0.2, 0.25) is 5.91 Å². The molecular formula is C19H21FN4OS. The first-order valence-electron chi connectivity index (χ1n) is 9.00. The Hall–Kier alpha value is -2.15. The van der Waals surface area contributed by atoms with Crippen LogP contribution >= 0.6 is 11.8 Å². The molecule has 0 atom stereocenters. The van der Waals surface area contributed by atoms with Gasteiger partial charge in [-0.3, -0.25) is 4.79 Å². The molecule has 5 nitrogen and oxygen atoms in total. The van der Waals surface area contributed by atoms with E-state index < -0.39 is 0 Å². The van der Waals surface area contributed by atoms with Crippen molar-refractivity contribution in [3.05, 3.63) is 42.2 Å². The summed E-state index contributed by atoms with van der Waals surface area (Å²) >= 11 is 1.39. The molecule has 2 aromatic rings. The molecule has 2 aliphatic rings. The molecule has 4 rings (SSSR count). The molecule has 1 saturated heterocycles. The fourth-order valence-corrected chi connectivity index (χ4v) is 3.88. The van der Waals surface area contributed by atoms with E-state index in [-0.39, 0.29) is 17.6 Å². The van der Waals surface area contributed by atoms with Gasteiger partial charge in [-0.2, -0.15) is 0 Å². The van der Waals surface area contributed by atoms with E-state index in [2.05, 4.69) is 20.4 Å². The number of nitrogens with one attached hydrogen (secondary N) is 1. The Kier molecular flexibility index (Phi) is 5.06. The molecule has 7 heteroatoms. The summed E-state index contributed by atoms with van der Waals surface area (Å²) in [6.45, 7) is 1.63. The Labute approximate surface area is 156 Å². The van der Waals surface area contributed by atoms with Gasteiger partial charge in [-0.05, 0) is 56.0 Å². The quantitative estimate of drug-likeness (QED) is 0.873. The molecule has 2 fully saturated rings. The SMILES string of the molecule is O=C(NC1CC1)C1CCN(c2ccc(Sc3cccc(F)c3)nn2)CC1. The topological polar surface area (TPSA) is 58.1 Å². The summed E-state index contributed by atoms with van der Waals surface area (Å²) in [6, 6.07) is 10.7. The fraction of sp³-hybridized carbons (Fsp3) is 0.421. The van der Waals surface area contributed by atoms with Gasteiger partial charge in [0.25, 0.3) is 0 Å². The second kappa shape index (κ2) is 7.61. The van der Waals surface area contributed by atoms with Gasteiger partial charge in [0, 0.05) is 29.9 Å². The standard InChI is InChI=1S/C19H21FN4OS/c20-14-2-1-3-16(12-14)26-18-7-6-17(22-23-18)24-10-8-13(9-11-24)19(25)21-15-4-5-15/h1-3,6-7,12-13,15H,4-5,8-11H2,(H,21,25). The van der Waals surface area contributed by atoms with Crippen molar-refractivity contribution in [1.29, 1.82) is 0 Å². The zero-order valence-electron chi connectivity index (χ0n) is 14.4. The van der Waals surface area contributed by atoms with Crippen LogP contribution in [0.2, 0.25) is 0 Å². The summed E-state index contributed by atoms with van der Waals surface area (Å²) in [5.74, 6) is 0.894. The van der Waals surface area contributed by atoms with E-state index >= 15 is 0 Å². The number of nitrogens with zero attached hydrogens (tertiary/aromatic N) is 3. The van der Waals surface area contributed by atoms with Gasteiger partial charge in [0.05, 0.1) is 0 Å². The highest BCUT2D eigenvalue weighted by Gasteiger charge is 2.30. The van der Waals surface area contributed by atoms with Crippen LogP contribution in [0.15, 0.2) is 46.3 Å². The molecule has 1 aliphatic carbocycles. The van der Waals surface area contributed by atoms with E-state index in [4.69, 9.17) is 0 Å². The van der Waals surface area contributed by atoms with Crippen molar-refractivity contribution >= 4 is 23.5 Å². The first-order valence-corrected chi connectivity index (χ1v) is 9.81. The highest BCUT2D eigenvalue weighted by molar-refractivity contribution is 7.99. The fourth-order valence-electron chi connectivity index (χ4n) is 3.10. The Morgan fingerprint density at radius 2 is 1.92 bits per heavy atom. The van der Waals surface area contributed by atoms with Crippen molar-refractivity contribution in [1.82, 2.24) is 15.5 Å². The van der Waals surface area contributed by atoms with Gasteiger partial charge in [-0.15, -0.1) is 10.2 Å². The predicted octanol–water partition coefficient (Wildman–Crippen LogP) is 3.26. The van der Waals surface area contributed by atoms with Crippen LogP contribution in [0.5, 0.6) is 0 Å². The number of piperidine rings is 1. The Morgan fingerprint density at radius 1 is 1.12 bits per heavy atom. The maximum atomic E-state index is 13.3. The molecule has 0 spiro atoms. The molecule has 1 aromatic carbocycles. The molecule has 136 valence electrons. The average Bonchev–Trinajstić information content (AvgIpc) is 3.47. The molecule has 2 heterocycles. The van der Waals surface area contributed by atoms with E-state index in [0.29, 0.717) is 6.04 Å². The number of hydrogen-bond donors (Lipinski definition) is 1. The lowest BCUT2D eigenvalue weighted by Crippen LogP contribution is -2.41. The first kappa shape index (κ1) is 17.3. The van der Waals surface area contributed by atoms with E-state index in [1.807, 2.05) is 18.2 Å². The minimum Gasteiger partial charge on any atom is -0.355 e. The zero-order chi connectivity index (χ0) is 17.9. The van der Waals surface area contributed by atoms with Gasteiger partial charge in [-0.1, -0.05) is 17.8 Å². The van der Waals surface area contributed by atoms with Gasteiger partial charge in [0.1, 0.15) is 10.8 Å². The molecule has 0 radical (unpaired) electrons. The van der Waals surface area contributed by atoms with Crippen LogP contribution in [0.4, 0.5) is 10.2 Å². The number of aromatic nitrogens is 2. The third kappa shape index (κ3) is 4.33. The van der Waals surface area contributed by atoms with Gasteiger partial charge < -0.3 is 10.2 Å². The second-order valence-electron chi connectivity index (χ2n) is 6.83. The van der Waals surface area contributed by atoms with Crippen LogP contribution in [-0.2, 0) is 4.79 Å². The van der Waals surface area contributed by atoms with Crippen molar-refractivity contribution in [2.24, 2.45) is 5.92 Å². The third-order valence-corrected chi connectivity index (χ3v) is 5.67. The van der Waals surface area contributed by atoms with E-state index in [0.717, 1.165) is 54.5 Å². The number of carbonyl (C=O) groups excluding carboxylic acids is 1. The molecule has 26 heavy (non-hydrogen) atoms. The van der Waals surface area contributed by atoms with Crippen LogP contribution in [-0.4, -0.2) is 35.2 Å². The van der Waals surface area contributed by atoms with Gasteiger partial charge in [-0.25, -0.2) is 4.39 Å². The Morgan fingerprint density at radius 3 is 2.58 bits per heavy atom. The van der Waals surface area contributed by atoms with Crippen molar-refractivity contribution in [2.45, 2.75) is 41.6 Å². The molecular weight excluding hydrogens is 351 g/mol. The third-order valence-electron chi connectivity index (χ3n) is 4.76. The number of halogens is 1. The van der Waals surface area contributed by atoms with Crippen molar-refractivity contribution in [3.8, 4) is 0 Å². The zero-order valence-corrected chi connectivity index (χ0v) is 15.2. The highest BCUT2D eigenvalue weighted by Crippen LogP contribution is 2.28. The smallest absolute Gasteiger partial charge is 0.223 e. The second-order valence-corrected chi connectivity index (χ2v) is 7.93. The molecule has 0 unspecified atom stereocenters.